The second kappa shape index (κ2) is 6.71. The second-order valence-corrected chi connectivity index (χ2v) is 8.13. The van der Waals surface area contributed by atoms with Crippen molar-refractivity contribution in [3.63, 3.8) is 0 Å². The largest absolute Gasteiger partial charge is 0.355 e. The van der Waals surface area contributed by atoms with Crippen molar-refractivity contribution in [2.24, 2.45) is 12.8 Å². The minimum atomic E-state index is 0.0653. The van der Waals surface area contributed by atoms with Crippen molar-refractivity contribution >= 4 is 22.5 Å². The van der Waals surface area contributed by atoms with Gasteiger partial charge in [0.1, 0.15) is 11.5 Å². The third-order valence-electron chi connectivity index (χ3n) is 5.94. The van der Waals surface area contributed by atoms with E-state index in [4.69, 9.17) is 5.73 Å². The Morgan fingerprint density at radius 3 is 2.86 bits per heavy atom. The van der Waals surface area contributed by atoms with Crippen molar-refractivity contribution in [3.05, 3.63) is 53.3 Å². The maximum Gasteiger partial charge on any atom is 0.185 e. The number of rotatable bonds is 5. The number of ketones is 1. The Hall–Kier alpha value is -2.73. The maximum atomic E-state index is 13.1. The number of Topliss-reactive ketones (excluding diaryl/α,β-unsaturated/α-hetero) is 1. The molecule has 6 nitrogen and oxygen atoms in total. The minimum Gasteiger partial charge on any atom is -0.355 e. The summed E-state index contributed by atoms with van der Waals surface area (Å²) in [7, 11) is 1.96. The summed E-state index contributed by atoms with van der Waals surface area (Å²) in [6.07, 6.45) is 5.62. The van der Waals surface area contributed by atoms with Gasteiger partial charge >= 0.3 is 0 Å². The van der Waals surface area contributed by atoms with Crippen LogP contribution in [0.25, 0.3) is 10.9 Å². The predicted molar refractivity (Wildman–Crippen MR) is 110 cm³/mol. The van der Waals surface area contributed by atoms with Crippen molar-refractivity contribution in [3.8, 4) is 0 Å². The number of benzene rings is 1. The topological polar surface area (TPSA) is 77.0 Å². The third-order valence-corrected chi connectivity index (χ3v) is 5.94. The summed E-state index contributed by atoms with van der Waals surface area (Å²) in [4.78, 5) is 19.9. The Balaban J connectivity index is 1.43. The molecule has 1 aromatic carbocycles. The number of hydrogen-bond acceptors (Lipinski definition) is 5. The van der Waals surface area contributed by atoms with E-state index >= 15 is 0 Å². The number of nitrogens with zero attached hydrogens (tertiary/aromatic N) is 4. The molecule has 6 heteroatoms. The van der Waals surface area contributed by atoms with Gasteiger partial charge in [0, 0.05) is 38.0 Å². The predicted octanol–water partition coefficient (Wildman–Crippen LogP) is 2.81. The molecule has 2 N–H and O–H groups in total. The van der Waals surface area contributed by atoms with E-state index in [1.807, 2.05) is 36.1 Å². The first kappa shape index (κ1) is 17.4. The van der Waals surface area contributed by atoms with Crippen LogP contribution in [0.2, 0.25) is 0 Å². The van der Waals surface area contributed by atoms with Crippen LogP contribution in [-0.2, 0) is 13.5 Å². The molecule has 5 rings (SSSR count). The highest BCUT2D eigenvalue weighted by molar-refractivity contribution is 5.97. The number of fused-ring (bicyclic) bond motifs is 1. The summed E-state index contributed by atoms with van der Waals surface area (Å²) in [6, 6.07) is 10.3. The Morgan fingerprint density at radius 2 is 2.11 bits per heavy atom. The Morgan fingerprint density at radius 1 is 1.25 bits per heavy atom. The number of carbonyl (C=O) groups is 1. The molecule has 1 saturated heterocycles. The highest BCUT2D eigenvalue weighted by Gasteiger charge is 2.28. The zero-order valence-corrected chi connectivity index (χ0v) is 16.1. The fourth-order valence-corrected chi connectivity index (χ4v) is 4.20. The lowest BCUT2D eigenvalue weighted by Crippen LogP contribution is -2.27. The number of pyridine rings is 1. The normalized spacial score (nSPS) is 19.5. The first-order chi connectivity index (χ1) is 13.6. The van der Waals surface area contributed by atoms with E-state index in [0.717, 1.165) is 41.8 Å². The summed E-state index contributed by atoms with van der Waals surface area (Å²) < 4.78 is 1.90. The smallest absolute Gasteiger partial charge is 0.185 e. The number of hydrogen-bond donors (Lipinski definition) is 1. The van der Waals surface area contributed by atoms with Crippen molar-refractivity contribution in [1.82, 2.24) is 14.8 Å². The van der Waals surface area contributed by atoms with Crippen molar-refractivity contribution < 1.29 is 4.79 Å². The standard InChI is InChI=1S/C22H25N5O/c1-26-20-11-18(14-5-6-14)15(9-16(20)12-24-26)10-21(28)19-3-2-4-22(25-19)27-8-7-17(23)13-27/h2-4,9,11-12,14,17H,5-8,10,13,23H2,1H3/t17-/m0/s1. The number of anilines is 1. The van der Waals surface area contributed by atoms with Gasteiger partial charge in [-0.25, -0.2) is 4.98 Å². The molecule has 1 aliphatic carbocycles. The van der Waals surface area contributed by atoms with Crippen LogP contribution in [-0.4, -0.2) is 39.7 Å². The van der Waals surface area contributed by atoms with Crippen LogP contribution in [0.5, 0.6) is 0 Å². The molecule has 0 spiro atoms. The monoisotopic (exact) mass is 375 g/mol. The molecule has 1 aliphatic heterocycles. The number of aryl methyl sites for hydroxylation is 1. The summed E-state index contributed by atoms with van der Waals surface area (Å²) in [5, 5.41) is 5.45. The molecule has 28 heavy (non-hydrogen) atoms. The highest BCUT2D eigenvalue weighted by Crippen LogP contribution is 2.43. The van der Waals surface area contributed by atoms with Crippen LogP contribution in [0.3, 0.4) is 0 Å². The molecule has 2 fully saturated rings. The first-order valence-corrected chi connectivity index (χ1v) is 10.0. The van der Waals surface area contributed by atoms with Crippen LogP contribution in [0.1, 0.15) is 46.8 Å². The molecule has 1 saturated carbocycles. The molecule has 0 unspecified atom stereocenters. The van der Waals surface area contributed by atoms with Crippen molar-refractivity contribution in [1.29, 1.82) is 0 Å². The van der Waals surface area contributed by atoms with Crippen molar-refractivity contribution in [2.45, 2.75) is 37.6 Å². The van der Waals surface area contributed by atoms with E-state index in [2.05, 4.69) is 27.1 Å². The Labute approximate surface area is 164 Å². The lowest BCUT2D eigenvalue weighted by Gasteiger charge is -2.17. The molecule has 3 heterocycles. The SMILES string of the molecule is Cn1ncc2cc(CC(=O)c3cccc(N4CC[C@H](N)C4)n3)c(C3CC3)cc21. The lowest BCUT2D eigenvalue weighted by molar-refractivity contribution is 0.0988. The number of nitrogens with two attached hydrogens (primary N) is 1. The fourth-order valence-electron chi connectivity index (χ4n) is 4.20. The maximum absolute atomic E-state index is 13.1. The highest BCUT2D eigenvalue weighted by atomic mass is 16.1. The molecule has 2 aromatic heterocycles. The first-order valence-electron chi connectivity index (χ1n) is 10.0. The van der Waals surface area contributed by atoms with Gasteiger partial charge in [0.25, 0.3) is 0 Å². The second-order valence-electron chi connectivity index (χ2n) is 8.13. The van der Waals surface area contributed by atoms with Gasteiger partial charge in [0.2, 0.25) is 0 Å². The fraction of sp³-hybridized carbons (Fsp3) is 0.409. The van der Waals surface area contributed by atoms with Crippen LogP contribution in [0.4, 0.5) is 5.82 Å². The van der Waals surface area contributed by atoms with Gasteiger partial charge in [-0.15, -0.1) is 0 Å². The van der Waals surface area contributed by atoms with Gasteiger partial charge in [-0.2, -0.15) is 5.10 Å². The quantitative estimate of drug-likeness (QED) is 0.694. The average Bonchev–Trinajstić information content (AvgIpc) is 3.36. The van der Waals surface area contributed by atoms with Crippen molar-refractivity contribution in [2.75, 3.05) is 18.0 Å². The third kappa shape index (κ3) is 3.18. The van der Waals surface area contributed by atoms with Gasteiger partial charge in [0.05, 0.1) is 11.7 Å². The van der Waals surface area contributed by atoms with Gasteiger partial charge in [0.15, 0.2) is 5.78 Å². The van der Waals surface area contributed by atoms with Crippen LogP contribution < -0.4 is 10.6 Å². The zero-order chi connectivity index (χ0) is 19.3. The van der Waals surface area contributed by atoms with E-state index in [1.54, 1.807) is 0 Å². The van der Waals surface area contributed by atoms with E-state index in [1.165, 1.54) is 18.4 Å². The molecule has 0 bridgehead atoms. The Bertz CT molecular complexity index is 1050. The molecule has 1 atom stereocenters. The Kier molecular flexibility index (Phi) is 4.16. The summed E-state index contributed by atoms with van der Waals surface area (Å²) >= 11 is 0. The minimum absolute atomic E-state index is 0.0653. The van der Waals surface area contributed by atoms with E-state index < -0.39 is 0 Å². The van der Waals surface area contributed by atoms with Crippen LogP contribution in [0, 0.1) is 0 Å². The summed E-state index contributed by atoms with van der Waals surface area (Å²) in [5.74, 6) is 1.49. The van der Waals surface area contributed by atoms with Gasteiger partial charge < -0.3 is 10.6 Å². The van der Waals surface area contributed by atoms with E-state index in [-0.39, 0.29) is 11.8 Å². The molecule has 0 radical (unpaired) electrons. The number of aromatic nitrogens is 3. The molecular formula is C22H25N5O. The molecule has 2 aliphatic rings. The summed E-state index contributed by atoms with van der Waals surface area (Å²) in [5.41, 5.74) is 10.1. The zero-order valence-electron chi connectivity index (χ0n) is 16.1. The molecule has 3 aromatic rings. The average molecular weight is 375 g/mol. The van der Waals surface area contributed by atoms with Crippen LogP contribution >= 0.6 is 0 Å². The summed E-state index contributed by atoms with van der Waals surface area (Å²) in [6.45, 7) is 1.70. The van der Waals surface area contributed by atoms with Crippen LogP contribution in [0.15, 0.2) is 36.5 Å². The van der Waals surface area contributed by atoms with E-state index in [0.29, 0.717) is 18.0 Å². The molecular weight excluding hydrogens is 350 g/mol. The van der Waals surface area contributed by atoms with Gasteiger partial charge in [-0.1, -0.05) is 6.07 Å². The number of carbonyl (C=O) groups excluding carboxylic acids is 1. The van der Waals surface area contributed by atoms with Gasteiger partial charge in [-0.3, -0.25) is 9.48 Å². The molecule has 0 amide bonds. The lowest BCUT2D eigenvalue weighted by atomic mass is 9.96. The van der Waals surface area contributed by atoms with E-state index in [9.17, 15) is 4.79 Å². The molecule has 144 valence electrons. The van der Waals surface area contributed by atoms with Gasteiger partial charge in [-0.05, 0) is 60.6 Å².